The average Bonchev–Trinajstić information content (AvgIpc) is 3.05. The first-order valence-electron chi connectivity index (χ1n) is 9.42. The van der Waals surface area contributed by atoms with Gasteiger partial charge < -0.3 is 5.32 Å². The van der Waals surface area contributed by atoms with E-state index in [2.05, 4.69) is 104 Å². The first-order valence-corrected chi connectivity index (χ1v) is 9.42. The fourth-order valence-electron chi connectivity index (χ4n) is 3.68. The molecule has 4 aromatic rings. The fraction of sp³-hybridized carbons (Fsp3) is 0.208. The molecule has 1 N–H and O–H groups in total. The van der Waals surface area contributed by atoms with Crippen LogP contribution in [-0.4, -0.2) is 9.38 Å². The molecule has 2 aromatic carbocycles. The number of nitrogens with zero attached hydrogens (tertiary/aromatic N) is 2. The number of aromatic nitrogens is 2. The van der Waals surface area contributed by atoms with Crippen molar-refractivity contribution in [2.45, 2.75) is 33.6 Å². The average molecular weight is 355 g/mol. The summed E-state index contributed by atoms with van der Waals surface area (Å²) < 4.78 is 2.18. The number of hydrogen-bond acceptors (Lipinski definition) is 2. The van der Waals surface area contributed by atoms with Crippen molar-refractivity contribution in [3.8, 4) is 0 Å². The number of rotatable bonds is 4. The fourth-order valence-corrected chi connectivity index (χ4v) is 3.68. The lowest BCUT2D eigenvalue weighted by Gasteiger charge is -2.16. The highest BCUT2D eigenvalue weighted by Gasteiger charge is 2.21. The van der Waals surface area contributed by atoms with Gasteiger partial charge in [-0.25, -0.2) is 4.98 Å². The molecule has 0 saturated heterocycles. The van der Waals surface area contributed by atoms with Gasteiger partial charge in [-0.3, -0.25) is 4.40 Å². The molecule has 0 saturated carbocycles. The number of fused-ring (bicyclic) bond motifs is 1. The van der Waals surface area contributed by atoms with Crippen molar-refractivity contribution in [3.05, 3.63) is 94.8 Å². The molecule has 2 aromatic heterocycles. The number of para-hydroxylation sites is 1. The van der Waals surface area contributed by atoms with Crippen molar-refractivity contribution in [2.75, 3.05) is 5.32 Å². The second kappa shape index (κ2) is 6.92. The number of pyridine rings is 1. The van der Waals surface area contributed by atoms with Gasteiger partial charge in [-0.15, -0.1) is 0 Å². The van der Waals surface area contributed by atoms with Gasteiger partial charge in [-0.2, -0.15) is 0 Å². The van der Waals surface area contributed by atoms with E-state index in [1.165, 1.54) is 22.3 Å². The Labute approximate surface area is 160 Å². The minimum atomic E-state index is 0.192. The first-order chi connectivity index (χ1) is 13.1. The van der Waals surface area contributed by atoms with Crippen molar-refractivity contribution in [3.63, 3.8) is 0 Å². The van der Waals surface area contributed by atoms with E-state index < -0.39 is 0 Å². The van der Waals surface area contributed by atoms with Crippen LogP contribution in [0.25, 0.3) is 5.65 Å². The monoisotopic (exact) mass is 355 g/mol. The van der Waals surface area contributed by atoms with Crippen LogP contribution in [0.4, 0.5) is 11.5 Å². The van der Waals surface area contributed by atoms with Gasteiger partial charge in [0.1, 0.15) is 11.5 Å². The molecule has 1 unspecified atom stereocenters. The van der Waals surface area contributed by atoms with E-state index in [1.807, 2.05) is 0 Å². The Morgan fingerprint density at radius 1 is 0.815 bits per heavy atom. The van der Waals surface area contributed by atoms with E-state index in [0.717, 1.165) is 22.8 Å². The van der Waals surface area contributed by atoms with Gasteiger partial charge in [-0.05, 0) is 49.1 Å². The number of anilines is 2. The highest BCUT2D eigenvalue weighted by atomic mass is 15.1. The maximum absolute atomic E-state index is 5.04. The Hall–Kier alpha value is -3.07. The topological polar surface area (TPSA) is 29.3 Å². The molecular formula is C24H25N3. The van der Waals surface area contributed by atoms with Crippen LogP contribution in [-0.2, 0) is 0 Å². The second-order valence-electron chi connectivity index (χ2n) is 7.25. The molecule has 0 fully saturated rings. The summed E-state index contributed by atoms with van der Waals surface area (Å²) in [4.78, 5) is 5.04. The molecule has 0 bridgehead atoms. The SMILES string of the molecule is Cc1cccc(C)c1Nc1c(C(C)c2ccccc2)nc2c(C)cccn12. The third kappa shape index (κ3) is 3.10. The number of aryl methyl sites for hydroxylation is 3. The first kappa shape index (κ1) is 17.3. The summed E-state index contributed by atoms with van der Waals surface area (Å²) in [7, 11) is 0. The van der Waals surface area contributed by atoms with Crippen LogP contribution in [0.3, 0.4) is 0 Å². The zero-order valence-electron chi connectivity index (χ0n) is 16.3. The summed E-state index contributed by atoms with van der Waals surface area (Å²) in [6.45, 7) is 8.62. The quantitative estimate of drug-likeness (QED) is 0.475. The van der Waals surface area contributed by atoms with E-state index in [0.29, 0.717) is 0 Å². The van der Waals surface area contributed by atoms with Crippen LogP contribution < -0.4 is 5.32 Å². The summed E-state index contributed by atoms with van der Waals surface area (Å²) in [5.41, 5.74) is 8.13. The number of nitrogens with one attached hydrogen (secondary N) is 1. The van der Waals surface area contributed by atoms with Crippen molar-refractivity contribution < 1.29 is 0 Å². The Morgan fingerprint density at radius 3 is 2.19 bits per heavy atom. The summed E-state index contributed by atoms with van der Waals surface area (Å²) in [6, 6.07) is 21.2. The molecule has 3 heteroatoms. The molecule has 1 atom stereocenters. The zero-order valence-corrected chi connectivity index (χ0v) is 16.3. The Kier molecular flexibility index (Phi) is 4.44. The van der Waals surface area contributed by atoms with E-state index >= 15 is 0 Å². The van der Waals surface area contributed by atoms with Crippen LogP contribution in [0.1, 0.15) is 40.8 Å². The van der Waals surface area contributed by atoms with Crippen molar-refractivity contribution in [1.82, 2.24) is 9.38 Å². The number of benzene rings is 2. The van der Waals surface area contributed by atoms with Crippen molar-refractivity contribution in [2.24, 2.45) is 0 Å². The maximum Gasteiger partial charge on any atom is 0.141 e. The lowest BCUT2D eigenvalue weighted by molar-refractivity contribution is 0.888. The minimum absolute atomic E-state index is 0.192. The highest BCUT2D eigenvalue weighted by Crippen LogP contribution is 2.34. The van der Waals surface area contributed by atoms with Gasteiger partial charge in [0.25, 0.3) is 0 Å². The summed E-state index contributed by atoms with van der Waals surface area (Å²) in [6.07, 6.45) is 2.09. The Bertz CT molecular complexity index is 1070. The summed E-state index contributed by atoms with van der Waals surface area (Å²) in [5.74, 6) is 1.24. The minimum Gasteiger partial charge on any atom is -0.339 e. The normalized spacial score (nSPS) is 12.3. The molecular weight excluding hydrogens is 330 g/mol. The number of imidazole rings is 1. The van der Waals surface area contributed by atoms with E-state index in [4.69, 9.17) is 4.98 Å². The van der Waals surface area contributed by atoms with E-state index in [1.54, 1.807) is 0 Å². The molecule has 3 nitrogen and oxygen atoms in total. The Balaban J connectivity index is 1.91. The smallest absolute Gasteiger partial charge is 0.141 e. The second-order valence-corrected chi connectivity index (χ2v) is 7.25. The third-order valence-corrected chi connectivity index (χ3v) is 5.31. The largest absolute Gasteiger partial charge is 0.339 e. The predicted molar refractivity (Wildman–Crippen MR) is 113 cm³/mol. The molecule has 27 heavy (non-hydrogen) atoms. The third-order valence-electron chi connectivity index (χ3n) is 5.31. The van der Waals surface area contributed by atoms with Crippen molar-refractivity contribution >= 4 is 17.2 Å². The lowest BCUT2D eigenvalue weighted by atomic mass is 9.97. The molecule has 136 valence electrons. The van der Waals surface area contributed by atoms with Gasteiger partial charge in [0.15, 0.2) is 0 Å². The van der Waals surface area contributed by atoms with Crippen LogP contribution in [0.2, 0.25) is 0 Å². The zero-order chi connectivity index (χ0) is 19.0. The molecule has 0 radical (unpaired) electrons. The lowest BCUT2D eigenvalue weighted by Crippen LogP contribution is -2.05. The summed E-state index contributed by atoms with van der Waals surface area (Å²) in [5, 5.41) is 3.71. The van der Waals surface area contributed by atoms with Gasteiger partial charge in [0.2, 0.25) is 0 Å². The van der Waals surface area contributed by atoms with Crippen molar-refractivity contribution in [1.29, 1.82) is 0 Å². The van der Waals surface area contributed by atoms with E-state index in [-0.39, 0.29) is 5.92 Å². The van der Waals surface area contributed by atoms with Gasteiger partial charge >= 0.3 is 0 Å². The van der Waals surface area contributed by atoms with E-state index in [9.17, 15) is 0 Å². The molecule has 0 aliphatic rings. The van der Waals surface area contributed by atoms with Crippen LogP contribution in [0.15, 0.2) is 66.9 Å². The molecule has 2 heterocycles. The molecule has 0 aliphatic carbocycles. The van der Waals surface area contributed by atoms with Crippen LogP contribution in [0, 0.1) is 20.8 Å². The summed E-state index contributed by atoms with van der Waals surface area (Å²) >= 11 is 0. The van der Waals surface area contributed by atoms with Crippen LogP contribution >= 0.6 is 0 Å². The molecule has 0 aliphatic heterocycles. The van der Waals surface area contributed by atoms with Gasteiger partial charge in [0, 0.05) is 17.8 Å². The molecule has 0 spiro atoms. The standard InChI is InChI=1S/C24H25N3/c1-16-10-8-11-17(2)21(16)25-24-22(19(4)20-13-6-5-7-14-20)26-23-18(3)12-9-15-27(23)24/h5-15,19,25H,1-4H3. The van der Waals surface area contributed by atoms with Crippen LogP contribution in [0.5, 0.6) is 0 Å². The Morgan fingerprint density at radius 2 is 1.48 bits per heavy atom. The molecule has 0 amide bonds. The number of hydrogen-bond donors (Lipinski definition) is 1. The van der Waals surface area contributed by atoms with Gasteiger partial charge in [-0.1, -0.05) is 61.5 Å². The predicted octanol–water partition coefficient (Wildman–Crippen LogP) is 6.15. The highest BCUT2D eigenvalue weighted by molar-refractivity contribution is 5.70. The van der Waals surface area contributed by atoms with Gasteiger partial charge in [0.05, 0.1) is 5.69 Å². The molecule has 4 rings (SSSR count). The maximum atomic E-state index is 5.04.